The average Bonchev–Trinajstić information content (AvgIpc) is 2.71. The maximum absolute atomic E-state index is 3.58. The van der Waals surface area contributed by atoms with Gasteiger partial charge in [0.1, 0.15) is 0 Å². The summed E-state index contributed by atoms with van der Waals surface area (Å²) in [6.07, 6.45) is 1.29. The van der Waals surface area contributed by atoms with Gasteiger partial charge in [-0.2, -0.15) is 11.3 Å². The highest BCUT2D eigenvalue weighted by molar-refractivity contribution is 7.07. The molecule has 0 radical (unpaired) electrons. The van der Waals surface area contributed by atoms with Crippen LogP contribution in [0.2, 0.25) is 0 Å². The molecular formula is C10H16N2S. The van der Waals surface area contributed by atoms with E-state index in [1.165, 1.54) is 25.1 Å². The first-order valence-corrected chi connectivity index (χ1v) is 5.72. The van der Waals surface area contributed by atoms with Gasteiger partial charge in [-0.1, -0.05) is 0 Å². The first-order chi connectivity index (χ1) is 6.34. The van der Waals surface area contributed by atoms with Crippen LogP contribution in [0.3, 0.4) is 0 Å². The monoisotopic (exact) mass is 196 g/mol. The number of likely N-dealkylation sites (N-methyl/N-ethyl adjacent to an activating group) is 1. The second kappa shape index (κ2) is 4.22. The van der Waals surface area contributed by atoms with Crippen molar-refractivity contribution in [3.8, 4) is 0 Å². The fraction of sp³-hybridized carbons (Fsp3) is 0.600. The largest absolute Gasteiger partial charge is 0.309 e. The number of likely N-dealkylation sites (tertiary alicyclic amines) is 1. The van der Waals surface area contributed by atoms with Gasteiger partial charge in [0.15, 0.2) is 0 Å². The number of hydrogen-bond donors (Lipinski definition) is 1. The lowest BCUT2D eigenvalue weighted by molar-refractivity contribution is 0.398. The zero-order valence-electron chi connectivity index (χ0n) is 7.99. The molecule has 0 aromatic carbocycles. The zero-order valence-corrected chi connectivity index (χ0v) is 8.81. The second-order valence-corrected chi connectivity index (χ2v) is 4.54. The lowest BCUT2D eigenvalue weighted by atomic mass is 10.2. The molecule has 72 valence electrons. The Morgan fingerprint density at radius 1 is 1.69 bits per heavy atom. The van der Waals surface area contributed by atoms with Gasteiger partial charge in [0, 0.05) is 19.1 Å². The molecule has 13 heavy (non-hydrogen) atoms. The molecule has 3 heteroatoms. The lowest BCUT2D eigenvalue weighted by Crippen LogP contribution is -2.30. The first-order valence-electron chi connectivity index (χ1n) is 4.77. The molecule has 1 N–H and O–H groups in total. The Morgan fingerprint density at radius 3 is 3.23 bits per heavy atom. The van der Waals surface area contributed by atoms with E-state index in [1.54, 1.807) is 11.3 Å². The van der Waals surface area contributed by atoms with Crippen LogP contribution < -0.4 is 5.32 Å². The van der Waals surface area contributed by atoms with Crippen LogP contribution in [0.4, 0.5) is 0 Å². The quantitative estimate of drug-likeness (QED) is 0.789. The van der Waals surface area contributed by atoms with Gasteiger partial charge in [-0.3, -0.25) is 0 Å². The molecule has 0 spiro atoms. The molecule has 1 atom stereocenters. The molecule has 0 saturated carbocycles. The molecule has 1 aliphatic rings. The zero-order chi connectivity index (χ0) is 9.10. The second-order valence-electron chi connectivity index (χ2n) is 3.76. The third kappa shape index (κ3) is 2.53. The van der Waals surface area contributed by atoms with Crippen molar-refractivity contribution in [2.45, 2.75) is 19.0 Å². The molecule has 1 aromatic heterocycles. The summed E-state index contributed by atoms with van der Waals surface area (Å²) >= 11 is 1.77. The van der Waals surface area contributed by atoms with Gasteiger partial charge < -0.3 is 10.2 Å². The molecule has 1 saturated heterocycles. The van der Waals surface area contributed by atoms with Crippen molar-refractivity contribution >= 4 is 11.3 Å². The predicted octanol–water partition coefficient (Wildman–Crippen LogP) is 1.54. The highest BCUT2D eigenvalue weighted by Crippen LogP contribution is 2.09. The summed E-state index contributed by atoms with van der Waals surface area (Å²) in [5, 5.41) is 7.93. The minimum Gasteiger partial charge on any atom is -0.309 e. The Bertz CT molecular complexity index is 245. The fourth-order valence-corrected chi connectivity index (χ4v) is 2.43. The maximum atomic E-state index is 3.58. The van der Waals surface area contributed by atoms with E-state index in [9.17, 15) is 0 Å². The molecule has 1 aliphatic heterocycles. The van der Waals surface area contributed by atoms with Crippen LogP contribution >= 0.6 is 11.3 Å². The van der Waals surface area contributed by atoms with Crippen LogP contribution in [-0.4, -0.2) is 31.1 Å². The average molecular weight is 196 g/mol. The smallest absolute Gasteiger partial charge is 0.0216 e. The van der Waals surface area contributed by atoms with Crippen LogP contribution in [0.25, 0.3) is 0 Å². The third-order valence-corrected chi connectivity index (χ3v) is 3.30. The van der Waals surface area contributed by atoms with Crippen molar-refractivity contribution in [3.63, 3.8) is 0 Å². The van der Waals surface area contributed by atoms with Crippen molar-refractivity contribution < 1.29 is 0 Å². The predicted molar refractivity (Wildman–Crippen MR) is 57.1 cm³/mol. The Labute approximate surface area is 83.6 Å². The van der Waals surface area contributed by atoms with Gasteiger partial charge in [0.2, 0.25) is 0 Å². The minimum atomic E-state index is 0.699. The van der Waals surface area contributed by atoms with Gasteiger partial charge in [0.05, 0.1) is 0 Å². The van der Waals surface area contributed by atoms with E-state index in [2.05, 4.69) is 34.1 Å². The first kappa shape index (κ1) is 9.19. The van der Waals surface area contributed by atoms with E-state index in [-0.39, 0.29) is 0 Å². The van der Waals surface area contributed by atoms with Gasteiger partial charge in [0.25, 0.3) is 0 Å². The number of hydrogen-bond acceptors (Lipinski definition) is 3. The molecule has 2 heterocycles. The van der Waals surface area contributed by atoms with E-state index in [0.29, 0.717) is 6.04 Å². The molecule has 0 amide bonds. The number of nitrogens with zero attached hydrogens (tertiary/aromatic N) is 1. The summed E-state index contributed by atoms with van der Waals surface area (Å²) in [5.41, 5.74) is 1.42. The fourth-order valence-electron chi connectivity index (χ4n) is 1.76. The Kier molecular flexibility index (Phi) is 2.98. The molecule has 0 bridgehead atoms. The van der Waals surface area contributed by atoms with Crippen molar-refractivity contribution in [1.82, 2.24) is 10.2 Å². The van der Waals surface area contributed by atoms with E-state index in [0.717, 1.165) is 6.54 Å². The number of rotatable bonds is 3. The van der Waals surface area contributed by atoms with Gasteiger partial charge in [-0.15, -0.1) is 0 Å². The Morgan fingerprint density at radius 2 is 2.62 bits per heavy atom. The highest BCUT2D eigenvalue weighted by Gasteiger charge is 2.18. The van der Waals surface area contributed by atoms with Gasteiger partial charge in [-0.05, 0) is 42.4 Å². The molecule has 2 rings (SSSR count). The SMILES string of the molecule is CN1CC[C@H](NCc2ccsc2)C1. The topological polar surface area (TPSA) is 15.3 Å². The normalized spacial score (nSPS) is 23.9. The number of thiophene rings is 1. The standard InChI is InChI=1S/C10H16N2S/c1-12-4-2-10(7-12)11-6-9-3-5-13-8-9/h3,5,8,10-11H,2,4,6-7H2,1H3/t10-/m0/s1. The number of nitrogens with one attached hydrogen (secondary N) is 1. The van der Waals surface area contributed by atoms with Crippen molar-refractivity contribution in [2.75, 3.05) is 20.1 Å². The Hall–Kier alpha value is -0.380. The summed E-state index contributed by atoms with van der Waals surface area (Å²) in [6.45, 7) is 3.47. The minimum absolute atomic E-state index is 0.699. The van der Waals surface area contributed by atoms with Gasteiger partial charge in [-0.25, -0.2) is 0 Å². The summed E-state index contributed by atoms with van der Waals surface area (Å²) in [5.74, 6) is 0. The van der Waals surface area contributed by atoms with E-state index < -0.39 is 0 Å². The summed E-state index contributed by atoms with van der Waals surface area (Å²) in [4.78, 5) is 2.38. The van der Waals surface area contributed by atoms with Crippen LogP contribution in [0.15, 0.2) is 16.8 Å². The summed E-state index contributed by atoms with van der Waals surface area (Å²) in [6, 6.07) is 2.89. The van der Waals surface area contributed by atoms with Crippen LogP contribution in [0.5, 0.6) is 0 Å². The van der Waals surface area contributed by atoms with E-state index in [1.807, 2.05) is 0 Å². The molecule has 0 unspecified atom stereocenters. The molecular weight excluding hydrogens is 180 g/mol. The van der Waals surface area contributed by atoms with Crippen LogP contribution in [-0.2, 0) is 6.54 Å². The van der Waals surface area contributed by atoms with Crippen molar-refractivity contribution in [2.24, 2.45) is 0 Å². The van der Waals surface area contributed by atoms with Crippen molar-refractivity contribution in [1.29, 1.82) is 0 Å². The highest BCUT2D eigenvalue weighted by atomic mass is 32.1. The van der Waals surface area contributed by atoms with Crippen molar-refractivity contribution in [3.05, 3.63) is 22.4 Å². The molecule has 2 nitrogen and oxygen atoms in total. The van der Waals surface area contributed by atoms with Gasteiger partial charge >= 0.3 is 0 Å². The molecule has 1 fully saturated rings. The lowest BCUT2D eigenvalue weighted by Gasteiger charge is -2.11. The summed E-state index contributed by atoms with van der Waals surface area (Å²) in [7, 11) is 2.19. The Balaban J connectivity index is 1.74. The van der Waals surface area contributed by atoms with Crippen LogP contribution in [0.1, 0.15) is 12.0 Å². The maximum Gasteiger partial charge on any atom is 0.0216 e. The third-order valence-electron chi connectivity index (χ3n) is 2.57. The van der Waals surface area contributed by atoms with E-state index >= 15 is 0 Å². The van der Waals surface area contributed by atoms with Crippen LogP contribution in [0, 0.1) is 0 Å². The molecule has 0 aliphatic carbocycles. The van der Waals surface area contributed by atoms with E-state index in [4.69, 9.17) is 0 Å². The summed E-state index contributed by atoms with van der Waals surface area (Å²) < 4.78 is 0. The molecule has 1 aromatic rings.